The van der Waals surface area contributed by atoms with Crippen molar-refractivity contribution in [3.8, 4) is 0 Å². The molecule has 0 fully saturated rings. The SMILES string of the molecule is CSCCCCCn1cc(C)nc1SCC(=O)O. The third-order valence-electron chi connectivity index (χ3n) is 2.43. The molecule has 0 saturated carbocycles. The van der Waals surface area contributed by atoms with Gasteiger partial charge in [-0.1, -0.05) is 18.2 Å². The van der Waals surface area contributed by atoms with E-state index in [0.717, 1.165) is 23.8 Å². The molecular weight excluding hydrogens is 268 g/mol. The summed E-state index contributed by atoms with van der Waals surface area (Å²) >= 11 is 3.17. The van der Waals surface area contributed by atoms with E-state index in [1.54, 1.807) is 0 Å². The fraction of sp³-hybridized carbons (Fsp3) is 0.667. The summed E-state index contributed by atoms with van der Waals surface area (Å²) in [6, 6.07) is 0. The number of hydrogen-bond donors (Lipinski definition) is 1. The number of aliphatic carboxylic acids is 1. The molecule has 102 valence electrons. The summed E-state index contributed by atoms with van der Waals surface area (Å²) in [5.74, 6) is 0.485. The van der Waals surface area contributed by atoms with Crippen molar-refractivity contribution >= 4 is 29.5 Å². The van der Waals surface area contributed by atoms with Gasteiger partial charge in [0.25, 0.3) is 0 Å². The smallest absolute Gasteiger partial charge is 0.313 e. The Kier molecular flexibility index (Phi) is 7.27. The highest BCUT2D eigenvalue weighted by molar-refractivity contribution is 7.99. The molecule has 0 unspecified atom stereocenters. The van der Waals surface area contributed by atoms with Gasteiger partial charge in [0.1, 0.15) is 0 Å². The Bertz CT molecular complexity index is 380. The van der Waals surface area contributed by atoms with Gasteiger partial charge < -0.3 is 9.67 Å². The van der Waals surface area contributed by atoms with E-state index in [1.165, 1.54) is 30.4 Å². The maximum absolute atomic E-state index is 10.6. The topological polar surface area (TPSA) is 55.1 Å². The molecule has 0 aliphatic carbocycles. The van der Waals surface area contributed by atoms with Crippen LogP contribution in [0.4, 0.5) is 0 Å². The number of hydrogen-bond acceptors (Lipinski definition) is 4. The van der Waals surface area contributed by atoms with Crippen molar-refractivity contribution in [2.75, 3.05) is 17.8 Å². The summed E-state index contributed by atoms with van der Waals surface area (Å²) < 4.78 is 2.07. The highest BCUT2D eigenvalue weighted by Crippen LogP contribution is 2.18. The minimum atomic E-state index is -0.799. The zero-order valence-electron chi connectivity index (χ0n) is 10.9. The summed E-state index contributed by atoms with van der Waals surface area (Å²) in [4.78, 5) is 14.9. The lowest BCUT2D eigenvalue weighted by Crippen LogP contribution is -2.03. The Labute approximate surface area is 117 Å². The van der Waals surface area contributed by atoms with Gasteiger partial charge in [0.2, 0.25) is 0 Å². The van der Waals surface area contributed by atoms with E-state index in [4.69, 9.17) is 5.11 Å². The molecule has 0 bridgehead atoms. The maximum atomic E-state index is 10.6. The van der Waals surface area contributed by atoms with Crippen LogP contribution < -0.4 is 0 Å². The standard InChI is InChI=1S/C12H20N2O2S2/c1-10-8-14(6-4-3-5-7-17-2)12(13-10)18-9-11(15)16/h8H,3-7,9H2,1-2H3,(H,15,16). The first-order chi connectivity index (χ1) is 8.63. The molecule has 1 aromatic heterocycles. The van der Waals surface area contributed by atoms with Gasteiger partial charge in [-0.25, -0.2) is 4.98 Å². The number of imidazole rings is 1. The van der Waals surface area contributed by atoms with E-state index >= 15 is 0 Å². The molecule has 4 nitrogen and oxygen atoms in total. The van der Waals surface area contributed by atoms with Crippen molar-refractivity contribution in [3.05, 3.63) is 11.9 Å². The maximum Gasteiger partial charge on any atom is 0.313 e. The third-order valence-corrected chi connectivity index (χ3v) is 4.10. The summed E-state index contributed by atoms with van der Waals surface area (Å²) in [7, 11) is 0. The largest absolute Gasteiger partial charge is 0.481 e. The Morgan fingerprint density at radius 3 is 2.89 bits per heavy atom. The predicted octanol–water partition coefficient (Wildman–Crippen LogP) is 2.90. The van der Waals surface area contributed by atoms with Crippen LogP contribution in [0.15, 0.2) is 11.4 Å². The van der Waals surface area contributed by atoms with Gasteiger partial charge in [0.05, 0.1) is 11.4 Å². The minimum Gasteiger partial charge on any atom is -0.481 e. The van der Waals surface area contributed by atoms with Crippen molar-refractivity contribution in [1.29, 1.82) is 0 Å². The van der Waals surface area contributed by atoms with Gasteiger partial charge in [0, 0.05) is 12.7 Å². The average molecular weight is 288 g/mol. The fourth-order valence-electron chi connectivity index (χ4n) is 1.63. The first kappa shape index (κ1) is 15.4. The number of aryl methyl sites for hydroxylation is 2. The first-order valence-electron chi connectivity index (χ1n) is 6.00. The molecule has 0 amide bonds. The van der Waals surface area contributed by atoms with Crippen molar-refractivity contribution in [2.45, 2.75) is 37.9 Å². The summed E-state index contributed by atoms with van der Waals surface area (Å²) in [6.07, 6.45) is 7.70. The number of aromatic nitrogens is 2. The Morgan fingerprint density at radius 1 is 1.44 bits per heavy atom. The summed E-state index contributed by atoms with van der Waals surface area (Å²) in [5, 5.41) is 9.50. The van der Waals surface area contributed by atoms with Gasteiger partial charge >= 0.3 is 5.97 Å². The van der Waals surface area contributed by atoms with Crippen LogP contribution in [-0.2, 0) is 11.3 Å². The number of nitrogens with zero attached hydrogens (tertiary/aromatic N) is 2. The van der Waals surface area contributed by atoms with Gasteiger partial charge in [-0.15, -0.1) is 0 Å². The quantitative estimate of drug-likeness (QED) is 0.559. The van der Waals surface area contributed by atoms with E-state index in [-0.39, 0.29) is 5.75 Å². The summed E-state index contributed by atoms with van der Waals surface area (Å²) in [6.45, 7) is 2.87. The molecule has 1 aromatic rings. The molecule has 0 radical (unpaired) electrons. The molecular formula is C12H20N2O2S2. The lowest BCUT2D eigenvalue weighted by Gasteiger charge is -2.06. The van der Waals surface area contributed by atoms with E-state index in [1.807, 2.05) is 24.9 Å². The van der Waals surface area contributed by atoms with Crippen LogP contribution in [0.25, 0.3) is 0 Å². The predicted molar refractivity (Wildman–Crippen MR) is 77.6 cm³/mol. The summed E-state index contributed by atoms with van der Waals surface area (Å²) in [5.41, 5.74) is 0.951. The van der Waals surface area contributed by atoms with Crippen LogP contribution in [0.2, 0.25) is 0 Å². The second kappa shape index (κ2) is 8.48. The average Bonchev–Trinajstić information content (AvgIpc) is 2.67. The lowest BCUT2D eigenvalue weighted by atomic mass is 10.2. The molecule has 0 aliphatic heterocycles. The van der Waals surface area contributed by atoms with Crippen molar-refractivity contribution in [2.24, 2.45) is 0 Å². The highest BCUT2D eigenvalue weighted by atomic mass is 32.2. The van der Waals surface area contributed by atoms with Crippen molar-refractivity contribution < 1.29 is 9.90 Å². The minimum absolute atomic E-state index is 0.0723. The molecule has 1 rings (SSSR count). The molecule has 0 saturated heterocycles. The van der Waals surface area contributed by atoms with Crippen molar-refractivity contribution in [1.82, 2.24) is 9.55 Å². The zero-order valence-corrected chi connectivity index (χ0v) is 12.5. The molecule has 0 spiro atoms. The molecule has 0 aromatic carbocycles. The van der Waals surface area contributed by atoms with Crippen LogP contribution >= 0.6 is 23.5 Å². The number of carboxylic acid groups (broad SMARTS) is 1. The normalized spacial score (nSPS) is 10.8. The molecule has 1 N–H and O–H groups in total. The van der Waals surface area contributed by atoms with Crippen LogP contribution in [0.5, 0.6) is 0 Å². The van der Waals surface area contributed by atoms with Gasteiger partial charge in [0.15, 0.2) is 5.16 Å². The molecule has 6 heteroatoms. The number of carboxylic acids is 1. The van der Waals surface area contributed by atoms with E-state index < -0.39 is 5.97 Å². The van der Waals surface area contributed by atoms with Gasteiger partial charge in [-0.3, -0.25) is 4.79 Å². The number of thioether (sulfide) groups is 2. The monoisotopic (exact) mass is 288 g/mol. The zero-order chi connectivity index (χ0) is 13.4. The molecule has 1 heterocycles. The third kappa shape index (κ3) is 5.82. The number of unbranched alkanes of at least 4 members (excludes halogenated alkanes) is 2. The van der Waals surface area contributed by atoms with E-state index in [0.29, 0.717) is 0 Å². The van der Waals surface area contributed by atoms with Gasteiger partial charge in [-0.05, 0) is 31.8 Å². The fourth-order valence-corrected chi connectivity index (χ4v) is 2.90. The second-order valence-electron chi connectivity index (χ2n) is 4.09. The molecule has 0 atom stereocenters. The number of carbonyl (C=O) groups is 1. The lowest BCUT2D eigenvalue weighted by molar-refractivity contribution is -0.133. The van der Waals surface area contributed by atoms with Crippen LogP contribution in [-0.4, -0.2) is 38.4 Å². The molecule has 0 aliphatic rings. The Morgan fingerprint density at radius 2 is 2.22 bits per heavy atom. The molecule has 18 heavy (non-hydrogen) atoms. The Hall–Kier alpha value is -0.620. The highest BCUT2D eigenvalue weighted by Gasteiger charge is 2.08. The van der Waals surface area contributed by atoms with E-state index in [9.17, 15) is 4.79 Å². The number of rotatable bonds is 9. The second-order valence-corrected chi connectivity index (χ2v) is 6.02. The van der Waals surface area contributed by atoms with Crippen LogP contribution in [0.3, 0.4) is 0 Å². The van der Waals surface area contributed by atoms with Crippen LogP contribution in [0.1, 0.15) is 25.0 Å². The van der Waals surface area contributed by atoms with Crippen LogP contribution in [0, 0.1) is 6.92 Å². The van der Waals surface area contributed by atoms with Crippen molar-refractivity contribution in [3.63, 3.8) is 0 Å². The van der Waals surface area contributed by atoms with Gasteiger partial charge in [-0.2, -0.15) is 11.8 Å². The first-order valence-corrected chi connectivity index (χ1v) is 8.38. The Balaban J connectivity index is 2.40. The van der Waals surface area contributed by atoms with E-state index in [2.05, 4.69) is 15.8 Å².